The topological polar surface area (TPSA) is 73.0 Å². The smallest absolute Gasteiger partial charge is 0.325 e. The fraction of sp³-hybridized carbons (Fsp3) is 0.550. The van der Waals surface area contributed by atoms with Gasteiger partial charge in [-0.2, -0.15) is 0 Å². The van der Waals surface area contributed by atoms with Gasteiger partial charge in [-0.05, 0) is 49.9 Å². The van der Waals surface area contributed by atoms with Gasteiger partial charge in [0.25, 0.3) is 0 Å². The van der Waals surface area contributed by atoms with Gasteiger partial charge in [0, 0.05) is 20.1 Å². The van der Waals surface area contributed by atoms with E-state index >= 15 is 0 Å². The number of amides is 4. The van der Waals surface area contributed by atoms with Crippen LogP contribution in [0.3, 0.4) is 0 Å². The second-order valence-electron chi connectivity index (χ2n) is 7.61. The molecular weight excluding hydrogens is 363 g/mol. The average molecular weight is 390 g/mol. The Morgan fingerprint density at radius 1 is 1.25 bits per heavy atom. The van der Waals surface area contributed by atoms with Gasteiger partial charge < -0.3 is 14.7 Å². The summed E-state index contributed by atoms with van der Waals surface area (Å²) in [5.74, 6) is -0.270. The molecule has 8 heteroatoms. The number of carbonyl (C=O) groups is 3. The molecule has 0 saturated carbocycles. The molecule has 152 valence electrons. The van der Waals surface area contributed by atoms with Crippen molar-refractivity contribution in [2.24, 2.45) is 5.92 Å². The van der Waals surface area contributed by atoms with Gasteiger partial charge in [-0.15, -0.1) is 0 Å². The number of nitrogens with zero attached hydrogens (tertiary/aromatic N) is 3. The standard InChI is InChI=1S/C20H27FN4O3/c1-23(19(27)14-25-13-18(26)22-20(25)28)12-15-6-9-24(10-7-15)11-8-16-4-2-3-5-17(16)21/h2-5,15H,6-14H2,1H3,(H,22,26,28). The average Bonchev–Trinajstić information content (AvgIpc) is 2.99. The van der Waals surface area contributed by atoms with E-state index in [0.717, 1.165) is 38.0 Å². The van der Waals surface area contributed by atoms with Crippen molar-refractivity contribution in [1.82, 2.24) is 20.0 Å². The normalized spacial score (nSPS) is 18.4. The number of likely N-dealkylation sites (tertiary alicyclic amines) is 1. The van der Waals surface area contributed by atoms with E-state index in [1.165, 1.54) is 11.0 Å². The highest BCUT2D eigenvalue weighted by atomic mass is 19.1. The summed E-state index contributed by atoms with van der Waals surface area (Å²) in [6, 6.07) is 6.39. The van der Waals surface area contributed by atoms with Crippen LogP contribution in [0.5, 0.6) is 0 Å². The number of urea groups is 1. The Morgan fingerprint density at radius 2 is 1.96 bits per heavy atom. The third-order valence-corrected chi connectivity index (χ3v) is 5.51. The number of nitrogens with one attached hydrogen (secondary N) is 1. The molecule has 0 bridgehead atoms. The fourth-order valence-corrected chi connectivity index (χ4v) is 3.76. The molecule has 1 aromatic carbocycles. The maximum atomic E-state index is 13.7. The Labute approximate surface area is 164 Å². The van der Waals surface area contributed by atoms with Crippen molar-refractivity contribution in [3.63, 3.8) is 0 Å². The molecule has 3 rings (SSSR count). The monoisotopic (exact) mass is 390 g/mol. The van der Waals surface area contributed by atoms with Gasteiger partial charge in [0.15, 0.2) is 0 Å². The van der Waals surface area contributed by atoms with E-state index in [2.05, 4.69) is 10.2 Å². The zero-order valence-electron chi connectivity index (χ0n) is 16.2. The Balaban J connectivity index is 1.37. The Kier molecular flexibility index (Phi) is 6.61. The molecule has 0 spiro atoms. The van der Waals surface area contributed by atoms with Crippen LogP contribution >= 0.6 is 0 Å². The number of rotatable bonds is 7. The summed E-state index contributed by atoms with van der Waals surface area (Å²) in [6.07, 6.45) is 2.67. The lowest BCUT2D eigenvalue weighted by atomic mass is 9.96. The third kappa shape index (κ3) is 5.28. The first-order chi connectivity index (χ1) is 13.4. The van der Waals surface area contributed by atoms with Crippen LogP contribution < -0.4 is 5.32 Å². The van der Waals surface area contributed by atoms with Crippen molar-refractivity contribution in [3.8, 4) is 0 Å². The van der Waals surface area contributed by atoms with E-state index in [9.17, 15) is 18.8 Å². The molecule has 0 atom stereocenters. The van der Waals surface area contributed by atoms with Crippen LogP contribution in [0.4, 0.5) is 9.18 Å². The van der Waals surface area contributed by atoms with E-state index in [0.29, 0.717) is 18.9 Å². The van der Waals surface area contributed by atoms with E-state index in [4.69, 9.17) is 0 Å². The number of piperidine rings is 1. The molecule has 0 unspecified atom stereocenters. The number of likely N-dealkylation sites (N-methyl/N-ethyl adjacent to an activating group) is 1. The van der Waals surface area contributed by atoms with Gasteiger partial charge in [0.2, 0.25) is 11.8 Å². The van der Waals surface area contributed by atoms with Gasteiger partial charge in [-0.1, -0.05) is 18.2 Å². The SMILES string of the molecule is CN(CC1CCN(CCc2ccccc2F)CC1)C(=O)CN1CC(=O)NC1=O. The van der Waals surface area contributed by atoms with Crippen molar-refractivity contribution in [2.45, 2.75) is 19.3 Å². The summed E-state index contributed by atoms with van der Waals surface area (Å²) < 4.78 is 13.7. The molecule has 1 aromatic rings. The molecule has 2 saturated heterocycles. The predicted octanol–water partition coefficient (Wildman–Crippen LogP) is 1.09. The van der Waals surface area contributed by atoms with Crippen molar-refractivity contribution < 1.29 is 18.8 Å². The fourth-order valence-electron chi connectivity index (χ4n) is 3.76. The van der Waals surface area contributed by atoms with Crippen LogP contribution in [0.15, 0.2) is 24.3 Å². The minimum absolute atomic E-state index is 0.0567. The first-order valence-electron chi connectivity index (χ1n) is 9.71. The highest BCUT2D eigenvalue weighted by Crippen LogP contribution is 2.19. The van der Waals surface area contributed by atoms with Gasteiger partial charge in [0.1, 0.15) is 18.9 Å². The molecule has 0 aromatic heterocycles. The number of benzene rings is 1. The summed E-state index contributed by atoms with van der Waals surface area (Å²) in [4.78, 5) is 40.3. The predicted molar refractivity (Wildman–Crippen MR) is 102 cm³/mol. The van der Waals surface area contributed by atoms with Crippen LogP contribution in [0.25, 0.3) is 0 Å². The molecule has 2 aliphatic rings. The van der Waals surface area contributed by atoms with Gasteiger partial charge in [0.05, 0.1) is 0 Å². The zero-order chi connectivity index (χ0) is 20.1. The number of halogens is 1. The van der Waals surface area contributed by atoms with Crippen molar-refractivity contribution in [2.75, 3.05) is 46.3 Å². The molecule has 2 heterocycles. The van der Waals surface area contributed by atoms with E-state index < -0.39 is 6.03 Å². The molecule has 2 aliphatic heterocycles. The van der Waals surface area contributed by atoms with Crippen LogP contribution in [0.2, 0.25) is 0 Å². The highest BCUT2D eigenvalue weighted by molar-refractivity contribution is 6.03. The summed E-state index contributed by atoms with van der Waals surface area (Å²) in [5, 5.41) is 2.17. The molecule has 4 amide bonds. The van der Waals surface area contributed by atoms with Gasteiger partial charge in [-0.25, -0.2) is 9.18 Å². The second-order valence-corrected chi connectivity index (χ2v) is 7.61. The summed E-state index contributed by atoms with van der Waals surface area (Å²) in [7, 11) is 1.74. The zero-order valence-corrected chi connectivity index (χ0v) is 16.2. The number of hydrogen-bond donors (Lipinski definition) is 1. The van der Waals surface area contributed by atoms with Crippen LogP contribution in [-0.4, -0.2) is 78.9 Å². The van der Waals surface area contributed by atoms with Crippen molar-refractivity contribution >= 4 is 17.8 Å². The second kappa shape index (κ2) is 9.14. The first kappa shape index (κ1) is 20.3. The molecule has 1 N–H and O–H groups in total. The van der Waals surface area contributed by atoms with Crippen molar-refractivity contribution in [1.29, 1.82) is 0 Å². The minimum atomic E-state index is -0.505. The molecular formula is C20H27FN4O3. The molecule has 2 fully saturated rings. The summed E-state index contributed by atoms with van der Waals surface area (Å²) in [6.45, 7) is 3.21. The summed E-state index contributed by atoms with van der Waals surface area (Å²) >= 11 is 0. The quantitative estimate of drug-likeness (QED) is 0.708. The van der Waals surface area contributed by atoms with Crippen molar-refractivity contribution in [3.05, 3.63) is 35.6 Å². The molecule has 28 heavy (non-hydrogen) atoms. The van der Waals surface area contributed by atoms with E-state index in [1.807, 2.05) is 12.1 Å². The largest absolute Gasteiger partial charge is 0.344 e. The minimum Gasteiger partial charge on any atom is -0.344 e. The maximum Gasteiger partial charge on any atom is 0.325 e. The number of imide groups is 1. The van der Waals surface area contributed by atoms with Crippen LogP contribution in [0, 0.1) is 11.7 Å². The lowest BCUT2D eigenvalue weighted by Gasteiger charge is -2.34. The Bertz CT molecular complexity index is 734. The Hall–Kier alpha value is -2.48. The van der Waals surface area contributed by atoms with E-state index in [1.54, 1.807) is 18.0 Å². The highest BCUT2D eigenvalue weighted by Gasteiger charge is 2.30. The molecule has 7 nitrogen and oxygen atoms in total. The summed E-state index contributed by atoms with van der Waals surface area (Å²) in [5.41, 5.74) is 0.749. The Morgan fingerprint density at radius 3 is 2.61 bits per heavy atom. The first-order valence-corrected chi connectivity index (χ1v) is 9.71. The van der Waals surface area contributed by atoms with Gasteiger partial charge >= 0.3 is 6.03 Å². The number of hydrogen-bond acceptors (Lipinski definition) is 4. The number of carbonyl (C=O) groups excluding carboxylic acids is 3. The lowest BCUT2D eigenvalue weighted by Crippen LogP contribution is -2.43. The van der Waals surface area contributed by atoms with Crippen LogP contribution in [0.1, 0.15) is 18.4 Å². The van der Waals surface area contributed by atoms with Gasteiger partial charge in [-0.3, -0.25) is 14.9 Å². The molecule has 0 radical (unpaired) electrons. The maximum absolute atomic E-state index is 13.7. The van der Waals surface area contributed by atoms with E-state index in [-0.39, 0.29) is 30.7 Å². The third-order valence-electron chi connectivity index (χ3n) is 5.51. The van der Waals surface area contributed by atoms with Crippen LogP contribution in [-0.2, 0) is 16.0 Å². The molecule has 0 aliphatic carbocycles. The lowest BCUT2D eigenvalue weighted by molar-refractivity contribution is -0.131.